The summed E-state index contributed by atoms with van der Waals surface area (Å²) < 4.78 is 5.58. The Morgan fingerprint density at radius 1 is 1.18 bits per heavy atom. The molecule has 0 saturated heterocycles. The number of hydrogen-bond donors (Lipinski definition) is 1. The zero-order chi connectivity index (χ0) is 12.1. The van der Waals surface area contributed by atoms with Crippen LogP contribution in [-0.2, 0) is 13.2 Å². The van der Waals surface area contributed by atoms with Crippen molar-refractivity contribution in [2.75, 3.05) is 0 Å². The molecule has 3 nitrogen and oxygen atoms in total. The summed E-state index contributed by atoms with van der Waals surface area (Å²) in [5.74, 6) is 0.745. The van der Waals surface area contributed by atoms with Gasteiger partial charge >= 0.3 is 0 Å². The Hall–Kier alpha value is -1.58. The Kier molecular flexibility index (Phi) is 3.96. The average Bonchev–Trinajstić information content (AvgIpc) is 2.38. The van der Waals surface area contributed by atoms with Crippen molar-refractivity contribution in [2.24, 2.45) is 0 Å². The molecule has 0 aliphatic heterocycles. The molecule has 0 amide bonds. The Balaban J connectivity index is 2.00. The van der Waals surface area contributed by atoms with E-state index in [-0.39, 0.29) is 6.61 Å². The van der Waals surface area contributed by atoms with E-state index in [2.05, 4.69) is 4.98 Å². The standard InChI is InChI=1S/C13H12ClNO2/c14-13-7-15-6-5-11(13)9-17-12-3-1-10(8-16)2-4-12/h1-7,16H,8-9H2. The number of ether oxygens (including phenoxy) is 1. The minimum Gasteiger partial charge on any atom is -0.489 e. The third-order valence-corrected chi connectivity index (χ3v) is 2.70. The molecule has 0 aliphatic rings. The molecule has 2 aromatic rings. The second kappa shape index (κ2) is 5.66. The predicted molar refractivity (Wildman–Crippen MR) is 65.9 cm³/mol. The molecule has 4 heteroatoms. The second-order valence-electron chi connectivity index (χ2n) is 3.56. The van der Waals surface area contributed by atoms with E-state index in [0.717, 1.165) is 16.9 Å². The van der Waals surface area contributed by atoms with Gasteiger partial charge in [-0.05, 0) is 23.8 Å². The molecule has 0 bridgehead atoms. The van der Waals surface area contributed by atoms with E-state index in [1.54, 1.807) is 12.4 Å². The lowest BCUT2D eigenvalue weighted by Gasteiger charge is -2.07. The maximum atomic E-state index is 8.91. The number of nitrogens with zero attached hydrogens (tertiary/aromatic N) is 1. The summed E-state index contributed by atoms with van der Waals surface area (Å²) in [4.78, 5) is 3.91. The number of aliphatic hydroxyl groups is 1. The lowest BCUT2D eigenvalue weighted by atomic mass is 10.2. The largest absolute Gasteiger partial charge is 0.489 e. The fourth-order valence-electron chi connectivity index (χ4n) is 1.37. The Morgan fingerprint density at radius 3 is 2.59 bits per heavy atom. The van der Waals surface area contributed by atoms with Crippen LogP contribution in [0.25, 0.3) is 0 Å². The van der Waals surface area contributed by atoms with Gasteiger partial charge in [-0.15, -0.1) is 0 Å². The topological polar surface area (TPSA) is 42.4 Å². The minimum absolute atomic E-state index is 0.0382. The third kappa shape index (κ3) is 3.19. The molecule has 0 unspecified atom stereocenters. The summed E-state index contributed by atoms with van der Waals surface area (Å²) in [6.07, 6.45) is 3.27. The van der Waals surface area contributed by atoms with Gasteiger partial charge in [-0.2, -0.15) is 0 Å². The van der Waals surface area contributed by atoms with Gasteiger partial charge in [0.05, 0.1) is 11.6 Å². The molecule has 0 saturated carbocycles. The van der Waals surface area contributed by atoms with Crippen LogP contribution in [0.4, 0.5) is 0 Å². The zero-order valence-electron chi connectivity index (χ0n) is 9.14. The molecule has 1 heterocycles. The molecule has 2 rings (SSSR count). The van der Waals surface area contributed by atoms with Gasteiger partial charge in [-0.25, -0.2) is 0 Å². The molecule has 1 N–H and O–H groups in total. The van der Waals surface area contributed by atoms with Gasteiger partial charge < -0.3 is 9.84 Å². The average molecular weight is 250 g/mol. The highest BCUT2D eigenvalue weighted by molar-refractivity contribution is 6.31. The van der Waals surface area contributed by atoms with Crippen LogP contribution in [0, 0.1) is 0 Å². The van der Waals surface area contributed by atoms with E-state index in [0.29, 0.717) is 11.6 Å². The monoisotopic (exact) mass is 249 g/mol. The van der Waals surface area contributed by atoms with Crippen molar-refractivity contribution < 1.29 is 9.84 Å². The van der Waals surface area contributed by atoms with Crippen LogP contribution in [0.15, 0.2) is 42.7 Å². The van der Waals surface area contributed by atoms with Crippen molar-refractivity contribution in [1.29, 1.82) is 0 Å². The summed E-state index contributed by atoms with van der Waals surface area (Å²) in [5, 5.41) is 9.50. The van der Waals surface area contributed by atoms with E-state index >= 15 is 0 Å². The lowest BCUT2D eigenvalue weighted by Crippen LogP contribution is -1.96. The summed E-state index contributed by atoms with van der Waals surface area (Å²) in [7, 11) is 0. The van der Waals surface area contributed by atoms with E-state index in [1.807, 2.05) is 30.3 Å². The van der Waals surface area contributed by atoms with Crippen molar-refractivity contribution in [3.05, 3.63) is 58.9 Å². The van der Waals surface area contributed by atoms with Gasteiger partial charge in [-0.3, -0.25) is 4.98 Å². The van der Waals surface area contributed by atoms with Crippen molar-refractivity contribution in [2.45, 2.75) is 13.2 Å². The number of aromatic nitrogens is 1. The number of rotatable bonds is 4. The van der Waals surface area contributed by atoms with Crippen LogP contribution in [0.3, 0.4) is 0 Å². The lowest BCUT2D eigenvalue weighted by molar-refractivity contribution is 0.280. The smallest absolute Gasteiger partial charge is 0.119 e. The number of pyridine rings is 1. The highest BCUT2D eigenvalue weighted by Gasteiger charge is 2.01. The Morgan fingerprint density at radius 2 is 1.94 bits per heavy atom. The van der Waals surface area contributed by atoms with Crippen molar-refractivity contribution in [1.82, 2.24) is 4.98 Å². The SMILES string of the molecule is OCc1ccc(OCc2ccncc2Cl)cc1. The first-order valence-electron chi connectivity index (χ1n) is 5.20. The number of aliphatic hydroxyl groups excluding tert-OH is 1. The Bertz CT molecular complexity index is 485. The van der Waals surface area contributed by atoms with Crippen LogP contribution in [0.2, 0.25) is 5.02 Å². The first-order chi connectivity index (χ1) is 8.29. The highest BCUT2D eigenvalue weighted by Crippen LogP contribution is 2.18. The van der Waals surface area contributed by atoms with E-state index in [9.17, 15) is 0 Å². The first-order valence-corrected chi connectivity index (χ1v) is 5.58. The quantitative estimate of drug-likeness (QED) is 0.906. The van der Waals surface area contributed by atoms with Crippen LogP contribution in [0.5, 0.6) is 5.75 Å². The van der Waals surface area contributed by atoms with Gasteiger partial charge in [0.1, 0.15) is 12.4 Å². The van der Waals surface area contributed by atoms with E-state index < -0.39 is 0 Å². The fraction of sp³-hybridized carbons (Fsp3) is 0.154. The summed E-state index contributed by atoms with van der Waals surface area (Å²) in [6.45, 7) is 0.441. The number of benzene rings is 1. The van der Waals surface area contributed by atoms with Gasteiger partial charge in [0.15, 0.2) is 0 Å². The summed E-state index contributed by atoms with van der Waals surface area (Å²) in [6, 6.07) is 9.11. The molecular formula is C13H12ClNO2. The normalized spacial score (nSPS) is 10.2. The number of hydrogen-bond acceptors (Lipinski definition) is 3. The highest BCUT2D eigenvalue weighted by atomic mass is 35.5. The van der Waals surface area contributed by atoms with Crippen LogP contribution >= 0.6 is 11.6 Å². The zero-order valence-corrected chi connectivity index (χ0v) is 9.89. The predicted octanol–water partition coefficient (Wildman–Crippen LogP) is 2.81. The van der Waals surface area contributed by atoms with Gasteiger partial charge in [0, 0.05) is 18.0 Å². The molecule has 0 radical (unpaired) electrons. The molecule has 0 atom stereocenters. The molecular weight excluding hydrogens is 238 g/mol. The van der Waals surface area contributed by atoms with Crippen molar-refractivity contribution >= 4 is 11.6 Å². The molecule has 0 spiro atoms. The van der Waals surface area contributed by atoms with Crippen LogP contribution in [0.1, 0.15) is 11.1 Å². The number of halogens is 1. The summed E-state index contributed by atoms with van der Waals surface area (Å²) >= 11 is 5.96. The van der Waals surface area contributed by atoms with E-state index in [1.165, 1.54) is 0 Å². The maximum absolute atomic E-state index is 8.91. The molecule has 17 heavy (non-hydrogen) atoms. The molecule has 1 aromatic carbocycles. The van der Waals surface area contributed by atoms with Gasteiger partial charge in [-0.1, -0.05) is 23.7 Å². The second-order valence-corrected chi connectivity index (χ2v) is 3.97. The van der Waals surface area contributed by atoms with Gasteiger partial charge in [0.2, 0.25) is 0 Å². The molecule has 0 aliphatic carbocycles. The van der Waals surface area contributed by atoms with E-state index in [4.69, 9.17) is 21.4 Å². The van der Waals surface area contributed by atoms with Crippen LogP contribution in [-0.4, -0.2) is 10.1 Å². The molecule has 0 fully saturated rings. The Labute approximate surface area is 105 Å². The van der Waals surface area contributed by atoms with Crippen molar-refractivity contribution in [3.8, 4) is 5.75 Å². The maximum Gasteiger partial charge on any atom is 0.119 e. The van der Waals surface area contributed by atoms with Crippen molar-refractivity contribution in [3.63, 3.8) is 0 Å². The van der Waals surface area contributed by atoms with Crippen LogP contribution < -0.4 is 4.74 Å². The molecule has 88 valence electrons. The van der Waals surface area contributed by atoms with Gasteiger partial charge in [0.25, 0.3) is 0 Å². The fourth-order valence-corrected chi connectivity index (χ4v) is 1.55. The first kappa shape index (κ1) is 11.9. The minimum atomic E-state index is 0.0382. The third-order valence-electron chi connectivity index (χ3n) is 2.36. The summed E-state index contributed by atoms with van der Waals surface area (Å²) in [5.41, 5.74) is 1.76. The molecule has 1 aromatic heterocycles.